The first kappa shape index (κ1) is 20.8. The van der Waals surface area contributed by atoms with Gasteiger partial charge in [0.15, 0.2) is 0 Å². The molecule has 0 aromatic heterocycles. The van der Waals surface area contributed by atoms with Gasteiger partial charge in [0.1, 0.15) is 11.5 Å². The largest absolute Gasteiger partial charge is 0.497 e. The zero-order valence-electron chi connectivity index (χ0n) is 16.3. The fourth-order valence-corrected chi connectivity index (χ4v) is 2.68. The number of hydrogen-bond donors (Lipinski definition) is 2. The van der Waals surface area contributed by atoms with Crippen LogP contribution >= 0.6 is 0 Å². The average molecular weight is 371 g/mol. The van der Waals surface area contributed by atoms with E-state index in [4.69, 9.17) is 9.47 Å². The monoisotopic (exact) mass is 371 g/mol. The molecule has 27 heavy (non-hydrogen) atoms. The van der Waals surface area contributed by atoms with Gasteiger partial charge in [-0.05, 0) is 61.6 Å². The van der Waals surface area contributed by atoms with E-state index < -0.39 is 6.10 Å². The van der Waals surface area contributed by atoms with Crippen molar-refractivity contribution in [2.75, 3.05) is 20.3 Å². The zero-order chi connectivity index (χ0) is 19.6. The molecule has 2 aromatic carbocycles. The number of aryl methyl sites for hydroxylation is 2. The number of ether oxygens (including phenoxy) is 2. The fraction of sp³-hybridized carbons (Fsp3) is 0.409. The number of aliphatic hydroxyl groups excluding tert-OH is 1. The van der Waals surface area contributed by atoms with Gasteiger partial charge in [-0.3, -0.25) is 4.79 Å². The first-order valence-electron chi connectivity index (χ1n) is 9.28. The van der Waals surface area contributed by atoms with Crippen LogP contribution in [0.2, 0.25) is 0 Å². The van der Waals surface area contributed by atoms with Gasteiger partial charge in [0, 0.05) is 13.0 Å². The molecule has 1 atom stereocenters. The summed E-state index contributed by atoms with van der Waals surface area (Å²) in [7, 11) is 1.60. The molecule has 0 bridgehead atoms. The van der Waals surface area contributed by atoms with E-state index in [2.05, 4.69) is 11.4 Å². The molecule has 1 amide bonds. The molecule has 0 radical (unpaired) electrons. The van der Waals surface area contributed by atoms with E-state index in [1.54, 1.807) is 31.4 Å². The minimum absolute atomic E-state index is 0.0608. The SMILES string of the molecule is COc1ccc(C(O)CNC(=O)CCCCOc2cc(C)ccc2C)cc1. The van der Waals surface area contributed by atoms with E-state index >= 15 is 0 Å². The fourth-order valence-electron chi connectivity index (χ4n) is 2.68. The summed E-state index contributed by atoms with van der Waals surface area (Å²) >= 11 is 0. The second-order valence-electron chi connectivity index (χ2n) is 6.67. The van der Waals surface area contributed by atoms with Crippen molar-refractivity contribution >= 4 is 5.91 Å². The van der Waals surface area contributed by atoms with E-state index in [0.717, 1.165) is 35.5 Å². The number of rotatable bonds is 10. The Kier molecular flexibility index (Phi) is 8.14. The second kappa shape index (κ2) is 10.6. The van der Waals surface area contributed by atoms with Crippen LogP contribution in [0.5, 0.6) is 11.5 Å². The number of benzene rings is 2. The Bertz CT molecular complexity index is 728. The van der Waals surface area contributed by atoms with Crippen molar-refractivity contribution in [2.45, 2.75) is 39.2 Å². The minimum Gasteiger partial charge on any atom is -0.497 e. The lowest BCUT2D eigenvalue weighted by Gasteiger charge is -2.13. The third-order valence-corrected chi connectivity index (χ3v) is 4.39. The molecular weight excluding hydrogens is 342 g/mol. The number of hydrogen-bond acceptors (Lipinski definition) is 4. The highest BCUT2D eigenvalue weighted by molar-refractivity contribution is 5.75. The van der Waals surface area contributed by atoms with E-state index in [-0.39, 0.29) is 12.5 Å². The predicted molar refractivity (Wildman–Crippen MR) is 106 cm³/mol. The highest BCUT2D eigenvalue weighted by Gasteiger charge is 2.10. The Morgan fingerprint density at radius 3 is 2.56 bits per heavy atom. The molecule has 0 aliphatic rings. The molecule has 0 heterocycles. The van der Waals surface area contributed by atoms with Crippen molar-refractivity contribution in [3.63, 3.8) is 0 Å². The molecule has 2 aromatic rings. The van der Waals surface area contributed by atoms with Crippen LogP contribution in [-0.4, -0.2) is 31.3 Å². The summed E-state index contributed by atoms with van der Waals surface area (Å²) in [6, 6.07) is 13.3. The summed E-state index contributed by atoms with van der Waals surface area (Å²) < 4.78 is 10.9. The van der Waals surface area contributed by atoms with Gasteiger partial charge in [-0.2, -0.15) is 0 Å². The maximum absolute atomic E-state index is 11.9. The third-order valence-electron chi connectivity index (χ3n) is 4.39. The summed E-state index contributed by atoms with van der Waals surface area (Å²) in [4.78, 5) is 11.9. The number of carbonyl (C=O) groups is 1. The second-order valence-corrected chi connectivity index (χ2v) is 6.67. The molecular formula is C22H29NO4. The Morgan fingerprint density at radius 1 is 1.11 bits per heavy atom. The summed E-state index contributed by atoms with van der Waals surface area (Å²) in [6.45, 7) is 4.85. The van der Waals surface area contributed by atoms with Crippen LogP contribution in [0, 0.1) is 13.8 Å². The van der Waals surface area contributed by atoms with Crippen molar-refractivity contribution in [2.24, 2.45) is 0 Å². The Labute approximate surface area is 161 Å². The van der Waals surface area contributed by atoms with Gasteiger partial charge in [0.05, 0.1) is 19.8 Å². The standard InChI is InChI=1S/C22H29NO4/c1-16-7-8-17(2)21(14-16)27-13-5-4-6-22(25)23-15-20(24)18-9-11-19(26-3)12-10-18/h7-12,14,20,24H,4-6,13,15H2,1-3H3,(H,23,25). The Balaban J connectivity index is 1.62. The first-order chi connectivity index (χ1) is 13.0. The number of carbonyl (C=O) groups excluding carboxylic acids is 1. The van der Waals surface area contributed by atoms with Crippen molar-refractivity contribution in [3.8, 4) is 11.5 Å². The summed E-state index contributed by atoms with van der Waals surface area (Å²) in [5.74, 6) is 1.58. The van der Waals surface area contributed by atoms with E-state index in [1.165, 1.54) is 5.56 Å². The summed E-state index contributed by atoms with van der Waals surface area (Å²) in [6.07, 6.45) is 1.25. The van der Waals surface area contributed by atoms with Gasteiger partial charge < -0.3 is 19.9 Å². The van der Waals surface area contributed by atoms with Crippen LogP contribution in [0.25, 0.3) is 0 Å². The third kappa shape index (κ3) is 6.94. The number of amides is 1. The van der Waals surface area contributed by atoms with E-state index in [9.17, 15) is 9.90 Å². The molecule has 0 aliphatic carbocycles. The quantitative estimate of drug-likeness (QED) is 0.625. The minimum atomic E-state index is -0.729. The molecule has 0 spiro atoms. The maximum Gasteiger partial charge on any atom is 0.220 e. The first-order valence-corrected chi connectivity index (χ1v) is 9.28. The molecule has 146 valence electrons. The average Bonchev–Trinajstić information content (AvgIpc) is 2.68. The molecule has 0 saturated heterocycles. The molecule has 0 saturated carbocycles. The van der Waals surface area contributed by atoms with Crippen LogP contribution in [0.1, 0.15) is 42.1 Å². The van der Waals surface area contributed by atoms with Crippen LogP contribution in [-0.2, 0) is 4.79 Å². The smallest absolute Gasteiger partial charge is 0.220 e. The van der Waals surface area contributed by atoms with Gasteiger partial charge in [-0.1, -0.05) is 24.3 Å². The lowest BCUT2D eigenvalue weighted by Crippen LogP contribution is -2.28. The van der Waals surface area contributed by atoms with Crippen molar-refractivity contribution in [3.05, 3.63) is 59.2 Å². The predicted octanol–water partition coefficient (Wildman–Crippen LogP) is 3.71. The number of aliphatic hydroxyl groups is 1. The molecule has 0 fully saturated rings. The topological polar surface area (TPSA) is 67.8 Å². The normalized spacial score (nSPS) is 11.7. The lowest BCUT2D eigenvalue weighted by molar-refractivity contribution is -0.121. The highest BCUT2D eigenvalue weighted by Crippen LogP contribution is 2.19. The van der Waals surface area contributed by atoms with Crippen molar-refractivity contribution in [1.82, 2.24) is 5.32 Å². The zero-order valence-corrected chi connectivity index (χ0v) is 16.3. The molecule has 2 N–H and O–H groups in total. The van der Waals surface area contributed by atoms with Gasteiger partial charge in [0.2, 0.25) is 5.91 Å². The Morgan fingerprint density at radius 2 is 1.85 bits per heavy atom. The molecule has 0 aliphatic heterocycles. The molecule has 5 nitrogen and oxygen atoms in total. The van der Waals surface area contributed by atoms with Crippen LogP contribution in [0.3, 0.4) is 0 Å². The lowest BCUT2D eigenvalue weighted by atomic mass is 10.1. The molecule has 5 heteroatoms. The van der Waals surface area contributed by atoms with E-state index in [1.807, 2.05) is 26.0 Å². The van der Waals surface area contributed by atoms with Gasteiger partial charge in [-0.15, -0.1) is 0 Å². The Hall–Kier alpha value is -2.53. The van der Waals surface area contributed by atoms with Crippen LogP contribution < -0.4 is 14.8 Å². The maximum atomic E-state index is 11.9. The molecule has 2 rings (SSSR count). The summed E-state index contributed by atoms with van der Waals surface area (Å²) in [5.41, 5.74) is 3.04. The number of methoxy groups -OCH3 is 1. The van der Waals surface area contributed by atoms with Crippen LogP contribution in [0.4, 0.5) is 0 Å². The number of unbranched alkanes of at least 4 members (excludes halogenated alkanes) is 1. The van der Waals surface area contributed by atoms with E-state index in [0.29, 0.717) is 13.0 Å². The van der Waals surface area contributed by atoms with Crippen LogP contribution in [0.15, 0.2) is 42.5 Å². The van der Waals surface area contributed by atoms with Crippen molar-refractivity contribution < 1.29 is 19.4 Å². The van der Waals surface area contributed by atoms with Gasteiger partial charge in [0.25, 0.3) is 0 Å². The van der Waals surface area contributed by atoms with Crippen molar-refractivity contribution in [1.29, 1.82) is 0 Å². The van der Waals surface area contributed by atoms with Gasteiger partial charge in [-0.25, -0.2) is 0 Å². The van der Waals surface area contributed by atoms with Gasteiger partial charge >= 0.3 is 0 Å². The highest BCUT2D eigenvalue weighted by atomic mass is 16.5. The summed E-state index contributed by atoms with van der Waals surface area (Å²) in [5, 5.41) is 12.9. The molecule has 1 unspecified atom stereocenters. The number of nitrogens with one attached hydrogen (secondary N) is 1.